The number of hydrogen-bond acceptors (Lipinski definition) is 3. The maximum Gasteiger partial charge on any atom is 0.320 e. The molecule has 0 aromatic rings. The van der Waals surface area contributed by atoms with Crippen molar-refractivity contribution in [2.75, 3.05) is 45.8 Å². The number of carboxylic acids is 1. The van der Waals surface area contributed by atoms with Crippen LogP contribution in [-0.4, -0.2) is 77.6 Å². The van der Waals surface area contributed by atoms with Crippen molar-refractivity contribution in [2.45, 2.75) is 33.1 Å². The second-order valence-electron chi connectivity index (χ2n) is 5.13. The number of piperazine rings is 1. The maximum atomic E-state index is 12.2. The van der Waals surface area contributed by atoms with Crippen LogP contribution >= 0.6 is 12.4 Å². The van der Waals surface area contributed by atoms with Gasteiger partial charge in [-0.3, -0.25) is 9.69 Å². The topological polar surface area (TPSA) is 64.1 Å². The van der Waals surface area contributed by atoms with Gasteiger partial charge in [0.25, 0.3) is 0 Å². The second-order valence-corrected chi connectivity index (χ2v) is 5.13. The van der Waals surface area contributed by atoms with E-state index in [0.717, 1.165) is 58.7 Å². The molecule has 0 aromatic heterocycles. The predicted octanol–water partition coefficient (Wildman–Crippen LogP) is 1.74. The minimum Gasteiger partial charge on any atom is -0.481 e. The molecule has 6 nitrogen and oxygen atoms in total. The SMILES string of the molecule is CCN(CC)C(=O)N1CCN(CCCCC(=O)O)CC1.Cl. The number of carbonyl (C=O) groups is 2. The van der Waals surface area contributed by atoms with Gasteiger partial charge in [0.1, 0.15) is 0 Å². The van der Waals surface area contributed by atoms with Gasteiger partial charge in [-0.1, -0.05) is 0 Å². The summed E-state index contributed by atoms with van der Waals surface area (Å²) in [5.41, 5.74) is 0. The van der Waals surface area contributed by atoms with Crippen molar-refractivity contribution in [3.05, 3.63) is 0 Å². The van der Waals surface area contributed by atoms with Crippen molar-refractivity contribution < 1.29 is 14.7 Å². The molecule has 0 saturated carbocycles. The minimum atomic E-state index is -0.723. The Balaban J connectivity index is 0.00000400. The zero-order valence-electron chi connectivity index (χ0n) is 13.1. The van der Waals surface area contributed by atoms with Crippen LogP contribution in [0.25, 0.3) is 0 Å². The van der Waals surface area contributed by atoms with Crippen molar-refractivity contribution in [1.29, 1.82) is 0 Å². The number of rotatable bonds is 7. The fourth-order valence-corrected chi connectivity index (χ4v) is 2.47. The lowest BCUT2D eigenvalue weighted by Crippen LogP contribution is -2.52. The molecular formula is C14H28ClN3O3. The van der Waals surface area contributed by atoms with E-state index < -0.39 is 5.97 Å². The highest BCUT2D eigenvalue weighted by Gasteiger charge is 2.23. The number of unbranched alkanes of at least 4 members (excludes halogenated alkanes) is 1. The molecule has 0 radical (unpaired) electrons. The monoisotopic (exact) mass is 321 g/mol. The molecule has 1 fully saturated rings. The van der Waals surface area contributed by atoms with E-state index in [0.29, 0.717) is 0 Å². The van der Waals surface area contributed by atoms with Gasteiger partial charge >= 0.3 is 12.0 Å². The molecule has 21 heavy (non-hydrogen) atoms. The van der Waals surface area contributed by atoms with Crippen LogP contribution in [0.2, 0.25) is 0 Å². The summed E-state index contributed by atoms with van der Waals surface area (Å²) in [6.07, 6.45) is 1.89. The molecule has 0 aromatic carbocycles. The fourth-order valence-electron chi connectivity index (χ4n) is 2.47. The molecule has 1 aliphatic rings. The summed E-state index contributed by atoms with van der Waals surface area (Å²) >= 11 is 0. The number of hydrogen-bond donors (Lipinski definition) is 1. The van der Waals surface area contributed by atoms with E-state index in [9.17, 15) is 9.59 Å². The van der Waals surface area contributed by atoms with E-state index in [1.165, 1.54) is 0 Å². The normalized spacial score (nSPS) is 15.4. The highest BCUT2D eigenvalue weighted by molar-refractivity contribution is 5.85. The summed E-state index contributed by atoms with van der Waals surface area (Å²) in [5.74, 6) is -0.723. The second kappa shape index (κ2) is 10.7. The van der Waals surface area contributed by atoms with Crippen LogP contribution < -0.4 is 0 Å². The van der Waals surface area contributed by atoms with E-state index in [4.69, 9.17) is 5.11 Å². The highest BCUT2D eigenvalue weighted by Crippen LogP contribution is 2.07. The highest BCUT2D eigenvalue weighted by atomic mass is 35.5. The van der Waals surface area contributed by atoms with Crippen LogP contribution in [0.1, 0.15) is 33.1 Å². The lowest BCUT2D eigenvalue weighted by Gasteiger charge is -2.37. The van der Waals surface area contributed by atoms with Gasteiger partial charge in [0.15, 0.2) is 0 Å². The van der Waals surface area contributed by atoms with Crippen LogP contribution in [0.5, 0.6) is 0 Å². The van der Waals surface area contributed by atoms with Crippen LogP contribution in [0.3, 0.4) is 0 Å². The first kappa shape index (κ1) is 20.0. The fraction of sp³-hybridized carbons (Fsp3) is 0.857. The molecule has 7 heteroatoms. The number of carbonyl (C=O) groups excluding carboxylic acids is 1. The molecule has 0 bridgehead atoms. The molecule has 1 aliphatic heterocycles. The van der Waals surface area contributed by atoms with Crippen LogP contribution in [0.15, 0.2) is 0 Å². The average molecular weight is 322 g/mol. The van der Waals surface area contributed by atoms with Crippen molar-refractivity contribution >= 4 is 24.4 Å². The number of carboxylic acid groups (broad SMARTS) is 1. The molecule has 0 unspecified atom stereocenters. The third-order valence-corrected chi connectivity index (χ3v) is 3.79. The first-order valence-corrected chi connectivity index (χ1v) is 7.56. The van der Waals surface area contributed by atoms with Gasteiger partial charge in [0.2, 0.25) is 0 Å². The maximum absolute atomic E-state index is 12.2. The van der Waals surface area contributed by atoms with Gasteiger partial charge in [-0.05, 0) is 33.2 Å². The number of urea groups is 1. The Hall–Kier alpha value is -1.01. The molecular weight excluding hydrogens is 294 g/mol. The molecule has 1 rings (SSSR count). The first-order valence-electron chi connectivity index (χ1n) is 7.56. The Bertz CT molecular complexity index is 317. The van der Waals surface area contributed by atoms with Crippen molar-refractivity contribution in [3.63, 3.8) is 0 Å². The number of nitrogens with zero attached hydrogens (tertiary/aromatic N) is 3. The number of halogens is 1. The summed E-state index contributed by atoms with van der Waals surface area (Å²) in [6, 6.07) is 0.139. The molecule has 2 amide bonds. The van der Waals surface area contributed by atoms with Gasteiger partial charge in [-0.2, -0.15) is 0 Å². The lowest BCUT2D eigenvalue weighted by atomic mass is 10.2. The van der Waals surface area contributed by atoms with Gasteiger partial charge in [0, 0.05) is 45.7 Å². The van der Waals surface area contributed by atoms with E-state index in [1.807, 2.05) is 23.6 Å². The van der Waals surface area contributed by atoms with Crippen molar-refractivity contribution in [3.8, 4) is 0 Å². The molecule has 1 saturated heterocycles. The third kappa shape index (κ3) is 7.00. The largest absolute Gasteiger partial charge is 0.481 e. The molecule has 124 valence electrons. The smallest absolute Gasteiger partial charge is 0.320 e. The van der Waals surface area contributed by atoms with Gasteiger partial charge in [0.05, 0.1) is 0 Å². The first-order chi connectivity index (χ1) is 9.58. The van der Waals surface area contributed by atoms with E-state index in [1.54, 1.807) is 0 Å². The molecule has 1 heterocycles. The van der Waals surface area contributed by atoms with E-state index in [2.05, 4.69) is 4.90 Å². The van der Waals surface area contributed by atoms with Crippen LogP contribution in [0, 0.1) is 0 Å². The summed E-state index contributed by atoms with van der Waals surface area (Å²) in [7, 11) is 0. The Morgan fingerprint density at radius 3 is 2.10 bits per heavy atom. The molecule has 0 atom stereocenters. The average Bonchev–Trinajstić information content (AvgIpc) is 2.45. The number of amides is 2. The quantitative estimate of drug-likeness (QED) is 0.725. The zero-order valence-corrected chi connectivity index (χ0v) is 13.9. The Morgan fingerprint density at radius 1 is 1.05 bits per heavy atom. The van der Waals surface area contributed by atoms with Gasteiger partial charge < -0.3 is 14.9 Å². The Morgan fingerprint density at radius 2 is 1.62 bits per heavy atom. The Kier molecular flexibility index (Phi) is 10.2. The summed E-state index contributed by atoms with van der Waals surface area (Å²) < 4.78 is 0. The van der Waals surface area contributed by atoms with Gasteiger partial charge in [-0.15, -0.1) is 12.4 Å². The minimum absolute atomic E-state index is 0. The molecule has 0 aliphatic carbocycles. The number of aliphatic carboxylic acids is 1. The molecule has 0 spiro atoms. The van der Waals surface area contributed by atoms with Crippen molar-refractivity contribution in [2.24, 2.45) is 0 Å². The van der Waals surface area contributed by atoms with Gasteiger partial charge in [-0.25, -0.2) is 4.79 Å². The summed E-state index contributed by atoms with van der Waals surface area (Å²) in [6.45, 7) is 9.76. The van der Waals surface area contributed by atoms with Crippen LogP contribution in [-0.2, 0) is 4.79 Å². The van der Waals surface area contributed by atoms with E-state index >= 15 is 0 Å². The standard InChI is InChI=1S/C14H27N3O3.ClH/c1-3-16(4-2)14(20)17-11-9-15(10-12-17)8-6-5-7-13(18)19;/h3-12H2,1-2H3,(H,18,19);1H. The summed E-state index contributed by atoms with van der Waals surface area (Å²) in [5, 5.41) is 8.58. The third-order valence-electron chi connectivity index (χ3n) is 3.79. The van der Waals surface area contributed by atoms with E-state index in [-0.39, 0.29) is 24.9 Å². The lowest BCUT2D eigenvalue weighted by molar-refractivity contribution is -0.137. The Labute approximate surface area is 133 Å². The zero-order chi connectivity index (χ0) is 15.0. The van der Waals surface area contributed by atoms with Crippen molar-refractivity contribution in [1.82, 2.24) is 14.7 Å². The van der Waals surface area contributed by atoms with Crippen LogP contribution in [0.4, 0.5) is 4.79 Å². The molecule has 1 N–H and O–H groups in total. The summed E-state index contributed by atoms with van der Waals surface area (Å²) in [4.78, 5) is 28.7. The predicted molar refractivity (Wildman–Crippen MR) is 85.1 cm³/mol.